The molecule has 0 aliphatic carbocycles. The van der Waals surface area contributed by atoms with Gasteiger partial charge in [-0.05, 0) is 56.0 Å². The molecule has 6 rings (SSSR count). The molecule has 0 saturated carbocycles. The smallest absolute Gasteiger partial charge is 0.408 e. The van der Waals surface area contributed by atoms with Crippen molar-refractivity contribution in [2.75, 3.05) is 26.2 Å². The van der Waals surface area contributed by atoms with Gasteiger partial charge in [0.2, 0.25) is 5.91 Å². The van der Waals surface area contributed by atoms with E-state index in [1.54, 1.807) is 6.92 Å². The SMILES string of the molecule is CC(=O)N1CCc2c(c(-c3ccc(Cl)c(C)c3)nn2CC(O)CN2CCC(n3c(=O)oc4cccc(C)c43)CC2)C1. The number of carbonyl (C=O) groups excluding carboxylic acids is 1. The van der Waals surface area contributed by atoms with Gasteiger partial charge in [0.15, 0.2) is 5.58 Å². The molecule has 1 saturated heterocycles. The van der Waals surface area contributed by atoms with Crippen molar-refractivity contribution in [2.24, 2.45) is 0 Å². The van der Waals surface area contributed by atoms with Crippen LogP contribution in [0.15, 0.2) is 45.6 Å². The number of benzene rings is 2. The summed E-state index contributed by atoms with van der Waals surface area (Å²) in [5.74, 6) is -0.253. The first-order valence-corrected chi connectivity index (χ1v) is 14.7. The Balaban J connectivity index is 1.16. The lowest BCUT2D eigenvalue weighted by Gasteiger charge is -2.33. The maximum absolute atomic E-state index is 12.7. The Morgan fingerprint density at radius 3 is 2.63 bits per heavy atom. The fourth-order valence-corrected chi connectivity index (χ4v) is 6.56. The predicted molar refractivity (Wildman–Crippen MR) is 158 cm³/mol. The first-order valence-electron chi connectivity index (χ1n) is 14.3. The van der Waals surface area contributed by atoms with E-state index in [1.165, 1.54) is 0 Å². The molecule has 1 atom stereocenters. The Morgan fingerprint density at radius 1 is 1.12 bits per heavy atom. The molecular formula is C31H36ClN5O4. The summed E-state index contributed by atoms with van der Waals surface area (Å²) >= 11 is 6.28. The number of hydrogen-bond acceptors (Lipinski definition) is 6. The van der Waals surface area contributed by atoms with Gasteiger partial charge in [-0.25, -0.2) is 4.79 Å². The number of hydrogen-bond donors (Lipinski definition) is 1. The fraction of sp³-hybridized carbons (Fsp3) is 0.452. The molecule has 0 radical (unpaired) electrons. The number of aromatic nitrogens is 3. The zero-order chi connectivity index (χ0) is 28.8. The Bertz CT molecular complexity index is 1660. The third kappa shape index (κ3) is 5.34. The summed E-state index contributed by atoms with van der Waals surface area (Å²) in [6, 6.07) is 11.7. The molecule has 1 unspecified atom stereocenters. The number of amides is 1. The van der Waals surface area contributed by atoms with E-state index in [0.717, 1.165) is 65.1 Å². The van der Waals surface area contributed by atoms with Gasteiger partial charge in [0.1, 0.15) is 0 Å². The monoisotopic (exact) mass is 577 g/mol. The molecule has 2 aliphatic rings. The van der Waals surface area contributed by atoms with E-state index in [0.29, 0.717) is 43.2 Å². The average molecular weight is 578 g/mol. The van der Waals surface area contributed by atoms with Crippen LogP contribution in [0.1, 0.15) is 48.2 Å². The van der Waals surface area contributed by atoms with Crippen molar-refractivity contribution in [1.29, 1.82) is 0 Å². The number of piperidine rings is 1. The summed E-state index contributed by atoms with van der Waals surface area (Å²) < 4.78 is 9.27. The lowest BCUT2D eigenvalue weighted by Crippen LogP contribution is -2.42. The van der Waals surface area contributed by atoms with Crippen LogP contribution in [-0.4, -0.2) is 67.4 Å². The van der Waals surface area contributed by atoms with Gasteiger partial charge >= 0.3 is 5.76 Å². The normalized spacial score (nSPS) is 17.2. The molecule has 2 aromatic heterocycles. The molecule has 10 heteroatoms. The first kappa shape index (κ1) is 27.8. The molecule has 0 spiro atoms. The van der Waals surface area contributed by atoms with Crippen molar-refractivity contribution in [3.05, 3.63) is 74.4 Å². The summed E-state index contributed by atoms with van der Waals surface area (Å²) in [7, 11) is 0. The van der Waals surface area contributed by atoms with Gasteiger partial charge in [0.25, 0.3) is 0 Å². The molecule has 4 aromatic rings. The zero-order valence-corrected chi connectivity index (χ0v) is 24.5. The van der Waals surface area contributed by atoms with Crippen molar-refractivity contribution in [3.63, 3.8) is 0 Å². The third-order valence-corrected chi connectivity index (χ3v) is 9.05. The zero-order valence-electron chi connectivity index (χ0n) is 23.8. The number of nitrogens with zero attached hydrogens (tertiary/aromatic N) is 5. The highest BCUT2D eigenvalue weighted by Crippen LogP contribution is 2.33. The van der Waals surface area contributed by atoms with E-state index in [1.807, 2.05) is 64.4 Å². The first-order chi connectivity index (χ1) is 19.7. The van der Waals surface area contributed by atoms with Crippen LogP contribution in [0, 0.1) is 13.8 Å². The largest absolute Gasteiger partial charge is 0.420 e. The Kier molecular flexibility index (Phi) is 7.52. The average Bonchev–Trinajstić information content (AvgIpc) is 3.48. The highest BCUT2D eigenvalue weighted by Gasteiger charge is 2.29. The maximum Gasteiger partial charge on any atom is 0.420 e. The Hall–Kier alpha value is -3.40. The van der Waals surface area contributed by atoms with Gasteiger partial charge in [0, 0.05) is 74.0 Å². The fourth-order valence-electron chi connectivity index (χ4n) is 6.44. The molecule has 41 heavy (non-hydrogen) atoms. The molecule has 216 valence electrons. The third-order valence-electron chi connectivity index (χ3n) is 8.62. The van der Waals surface area contributed by atoms with Crippen LogP contribution in [0.3, 0.4) is 0 Å². The van der Waals surface area contributed by atoms with Crippen LogP contribution >= 0.6 is 11.6 Å². The number of likely N-dealkylation sites (tertiary alicyclic amines) is 1. The van der Waals surface area contributed by atoms with Crippen molar-refractivity contribution in [2.45, 2.75) is 65.3 Å². The summed E-state index contributed by atoms with van der Waals surface area (Å²) in [6.45, 7) is 9.18. The van der Waals surface area contributed by atoms with Gasteiger partial charge in [-0.15, -0.1) is 0 Å². The minimum atomic E-state index is -0.610. The van der Waals surface area contributed by atoms with E-state index < -0.39 is 6.10 Å². The van der Waals surface area contributed by atoms with Crippen molar-refractivity contribution < 1.29 is 14.3 Å². The topological polar surface area (TPSA) is 96.7 Å². The van der Waals surface area contributed by atoms with Gasteiger partial charge < -0.3 is 19.3 Å². The van der Waals surface area contributed by atoms with Crippen LogP contribution in [0.25, 0.3) is 22.4 Å². The molecule has 1 N–H and O–H groups in total. The molecule has 2 aromatic carbocycles. The second kappa shape index (κ2) is 11.1. The summed E-state index contributed by atoms with van der Waals surface area (Å²) in [5, 5.41) is 16.8. The summed E-state index contributed by atoms with van der Waals surface area (Å²) in [5.41, 5.74) is 7.43. The van der Waals surface area contributed by atoms with Crippen LogP contribution in [0.4, 0.5) is 0 Å². The lowest BCUT2D eigenvalue weighted by molar-refractivity contribution is -0.129. The van der Waals surface area contributed by atoms with Crippen molar-refractivity contribution >= 4 is 28.6 Å². The van der Waals surface area contributed by atoms with Crippen molar-refractivity contribution in [1.82, 2.24) is 24.1 Å². The van der Waals surface area contributed by atoms with Crippen LogP contribution in [0.2, 0.25) is 5.02 Å². The van der Waals surface area contributed by atoms with Crippen molar-refractivity contribution in [3.8, 4) is 11.3 Å². The summed E-state index contributed by atoms with van der Waals surface area (Å²) in [6.07, 6.45) is 1.71. The number of oxazole rings is 1. The van der Waals surface area contributed by atoms with Gasteiger partial charge in [0.05, 0.1) is 23.9 Å². The predicted octanol–water partition coefficient (Wildman–Crippen LogP) is 4.33. The second-order valence-electron chi connectivity index (χ2n) is 11.5. The quantitative estimate of drug-likeness (QED) is 0.366. The summed E-state index contributed by atoms with van der Waals surface area (Å²) in [4.78, 5) is 28.9. The van der Waals surface area contributed by atoms with E-state index >= 15 is 0 Å². The number of aliphatic hydroxyl groups excluding tert-OH is 1. The van der Waals surface area contributed by atoms with E-state index in [4.69, 9.17) is 21.1 Å². The lowest BCUT2D eigenvalue weighted by atomic mass is 9.99. The molecule has 9 nitrogen and oxygen atoms in total. The number of β-amino-alcohol motifs (C(OH)–C–C–N with tert-alkyl or cyclic N) is 1. The van der Waals surface area contributed by atoms with Gasteiger partial charge in [-0.3, -0.25) is 14.0 Å². The molecule has 1 fully saturated rings. The molecule has 1 amide bonds. The Labute approximate surface area is 243 Å². The highest BCUT2D eigenvalue weighted by atomic mass is 35.5. The number of rotatable bonds is 6. The Morgan fingerprint density at radius 2 is 1.90 bits per heavy atom. The number of aliphatic hydroxyl groups is 1. The molecule has 2 aliphatic heterocycles. The number of halogens is 1. The number of fused-ring (bicyclic) bond motifs is 2. The molecule has 0 bridgehead atoms. The minimum absolute atomic E-state index is 0.0471. The molecular weight excluding hydrogens is 542 g/mol. The van der Waals surface area contributed by atoms with Crippen LogP contribution in [0.5, 0.6) is 0 Å². The van der Waals surface area contributed by atoms with Crippen LogP contribution < -0.4 is 5.76 Å². The second-order valence-corrected chi connectivity index (χ2v) is 11.9. The minimum Gasteiger partial charge on any atom is -0.408 e. The number of aryl methyl sites for hydroxylation is 2. The highest BCUT2D eigenvalue weighted by molar-refractivity contribution is 6.31. The van der Waals surface area contributed by atoms with Gasteiger partial charge in [-0.2, -0.15) is 5.10 Å². The van der Waals surface area contributed by atoms with Gasteiger partial charge in [-0.1, -0.05) is 29.8 Å². The maximum atomic E-state index is 12.7. The van der Waals surface area contributed by atoms with E-state index in [2.05, 4.69) is 4.90 Å². The number of para-hydroxylation sites is 1. The van der Waals surface area contributed by atoms with Crippen LogP contribution in [-0.2, 0) is 24.3 Å². The number of carbonyl (C=O) groups is 1. The standard InChI is InChI=1S/C31H36ClN5O4/c1-19-5-4-6-28-30(19)37(31(40)41-28)23-9-12-34(13-10-23)16-24(39)17-36-27-11-14-35(21(3)38)18-25(27)29(33-36)22-7-8-26(32)20(2)15-22/h4-8,15,23-24,39H,9-14,16-18H2,1-3H3. The van der Waals surface area contributed by atoms with E-state index in [-0.39, 0.29) is 17.7 Å². The van der Waals surface area contributed by atoms with E-state index in [9.17, 15) is 14.7 Å². The molecule has 4 heterocycles.